The van der Waals surface area contributed by atoms with Crippen molar-refractivity contribution in [3.8, 4) is 23.0 Å². The minimum atomic E-state index is -2.50. The molecule has 0 unspecified atom stereocenters. The third kappa shape index (κ3) is 10.8. The normalized spacial score (nSPS) is 36.6. The van der Waals surface area contributed by atoms with E-state index in [0.29, 0.717) is 0 Å². The highest BCUT2D eigenvalue weighted by Crippen LogP contribution is 2.64. The van der Waals surface area contributed by atoms with Gasteiger partial charge in [-0.2, -0.15) is 4.79 Å². The summed E-state index contributed by atoms with van der Waals surface area (Å²) in [6, 6.07) is 2.60. The van der Waals surface area contributed by atoms with E-state index in [-0.39, 0.29) is 43.3 Å². The molecule has 0 aromatic heterocycles. The van der Waals surface area contributed by atoms with Gasteiger partial charge in [-0.3, -0.25) is 24.0 Å². The Balaban J connectivity index is 1.23. The van der Waals surface area contributed by atoms with Crippen LogP contribution in [-0.2, 0) is 56.8 Å². The van der Waals surface area contributed by atoms with Gasteiger partial charge in [0.25, 0.3) is 0 Å². The number of phenols is 4. The number of ketones is 3. The van der Waals surface area contributed by atoms with Gasteiger partial charge in [0, 0.05) is 81.8 Å². The highest BCUT2D eigenvalue weighted by atomic mass is 16.7. The number of carbonyl (C=O) groups is 3. The molecule has 12 rings (SSSR count). The summed E-state index contributed by atoms with van der Waals surface area (Å²) in [4.78, 5) is 84.5. The van der Waals surface area contributed by atoms with Gasteiger partial charge in [-0.25, -0.2) is 0 Å². The number of hydrogen-bond donors (Lipinski definition) is 7. The van der Waals surface area contributed by atoms with Crippen LogP contribution in [0.15, 0.2) is 68.0 Å². The first-order valence-corrected chi connectivity index (χ1v) is 33.1. The van der Waals surface area contributed by atoms with Gasteiger partial charge in [0.2, 0.25) is 0 Å². The van der Waals surface area contributed by atoms with E-state index in [0.717, 1.165) is 24.3 Å². The minimum absolute atomic E-state index is 0.112. The average Bonchev–Trinajstić information content (AvgIpc) is 1.53. The summed E-state index contributed by atoms with van der Waals surface area (Å²) in [7, 11) is 12.9. The SMILES string of the molecule is CC[C@@]1(O[C@@H]2C[C@@H](OC)[C@H](OC)[C@@H](C)O2)[C@H](O[C@@H]2C[C@H](O)[C@@H](N(C)C)[C@H](C)O2)C2=CC3=C(C(=O)c4c(O)ccc(O)c4C3=O)C2=C(O)[C@@H]1[C@H]1C(=O)c2c(c(=[N+]=[N-])c3c(O)c4c(=O)ccc(=O)c4c(O)c23)[C@@H](O[C@@H]2C[C@H](O)[C@@H](N(C)C)[C@H](C)O2)[C@@]1(CC)O[C@@H]1C[C@@H](OC)[C@H](OC)[C@@H](C)O1. The van der Waals surface area contributed by atoms with Crippen LogP contribution in [0.3, 0.4) is 0 Å². The molecule has 4 fully saturated rings. The summed E-state index contributed by atoms with van der Waals surface area (Å²) < 4.78 is 81.1. The van der Waals surface area contributed by atoms with Crippen LogP contribution in [0.2, 0.25) is 0 Å². The minimum Gasteiger partial charge on any atom is -0.511 e. The second-order valence-electron chi connectivity index (χ2n) is 27.4. The van der Waals surface area contributed by atoms with Gasteiger partial charge in [0.15, 0.2) is 53.4 Å². The lowest BCUT2D eigenvalue weighted by molar-refractivity contribution is -0.352. The number of allylic oxidation sites excluding steroid dienone is 3. The van der Waals surface area contributed by atoms with Crippen LogP contribution in [0.4, 0.5) is 0 Å². The van der Waals surface area contributed by atoms with Gasteiger partial charge in [0.05, 0.1) is 100 Å². The molecule has 4 saturated heterocycles. The van der Waals surface area contributed by atoms with Crippen molar-refractivity contribution in [3.63, 3.8) is 0 Å². The number of fused-ring (bicyclic) bond motifs is 7. The van der Waals surface area contributed by atoms with Crippen molar-refractivity contribution in [2.45, 2.75) is 202 Å². The number of phenolic OH excluding ortho intramolecular Hbond substituents is 4. The van der Waals surface area contributed by atoms with Crippen molar-refractivity contribution in [2.75, 3.05) is 56.6 Å². The molecule has 8 aliphatic rings. The zero-order chi connectivity index (χ0) is 71.0. The number of ether oxygens (including phenoxy) is 12. The molecule has 4 heterocycles. The maximum Gasteiger partial charge on any atom is 0.333 e. The zero-order valence-corrected chi connectivity index (χ0v) is 57.0. The molecule has 22 atom stereocenters. The van der Waals surface area contributed by atoms with Gasteiger partial charge in [-0.05, 0) is 105 Å². The predicted molar refractivity (Wildman–Crippen MR) is 344 cm³/mol. The predicted octanol–water partition coefficient (Wildman–Crippen LogP) is 4.07. The molecule has 4 aromatic carbocycles. The molecule has 7 N–H and O–H groups in total. The quantitative estimate of drug-likeness (QED) is 0.0445. The van der Waals surface area contributed by atoms with E-state index in [9.17, 15) is 50.9 Å². The first-order valence-electron chi connectivity index (χ1n) is 33.1. The summed E-state index contributed by atoms with van der Waals surface area (Å²) in [5.41, 5.74) is 1.29. The fraction of sp³-hybridized carbons (Fsp3) is 0.600. The zero-order valence-electron chi connectivity index (χ0n) is 57.0. The van der Waals surface area contributed by atoms with Crippen LogP contribution in [0.1, 0.15) is 123 Å². The molecule has 28 nitrogen and oxygen atoms in total. The molecule has 4 aromatic rings. The number of carbonyl (C=O) groups excluding carboxylic acids is 3. The Labute approximate surface area is 563 Å². The number of nitrogens with zero attached hydrogens (tertiary/aromatic N) is 4. The molecule has 530 valence electrons. The second-order valence-corrected chi connectivity index (χ2v) is 27.4. The van der Waals surface area contributed by atoms with E-state index in [1.165, 1.54) is 34.5 Å². The number of benzene rings is 3. The first-order chi connectivity index (χ1) is 46.5. The summed E-state index contributed by atoms with van der Waals surface area (Å²) in [6.07, 6.45) is -18.4. The fourth-order valence-corrected chi connectivity index (χ4v) is 17.7. The fourth-order valence-electron chi connectivity index (χ4n) is 17.7. The van der Waals surface area contributed by atoms with Crippen molar-refractivity contribution >= 4 is 38.9 Å². The van der Waals surface area contributed by atoms with Crippen molar-refractivity contribution in [1.82, 2.24) is 9.80 Å². The van der Waals surface area contributed by atoms with Crippen LogP contribution >= 0.6 is 0 Å². The van der Waals surface area contributed by atoms with E-state index < -0.39 is 257 Å². The standard InChI is InChI=1S/C70H86N4O24/c1-15-69(97-42-24-38(87-11)65(89-13)28(5)93-42)54(63(85)45-31(67(69)95-40-22-36(79)57(73(7)8)26(3)91-40)21-30-44(45)60(82)47-33(76)18-17-32(75)46(47)59(30)81)55-64(86)51-50-52(62(84)49-35(78)20-19-34(77)48(49)61(50)83)56(72-71)53(51)68(96-41-23-37(80)58(74(9)10)27(4)92-41)70(55,16-2)98-43-25-39(88-12)66(90-14)29(6)94-43/h17-21,26-29,36-43,54-55,57-58,65-68,75-76,79-80,83-85H,15-16,22-25H2,1-14H3/t26-,27-,28+,29+,36-,37-,38+,39+,40+,41+,42+,43+,54-,55-,57-,58-,65+,66+,67+,68+,69-,70-/m0/s1. The highest BCUT2D eigenvalue weighted by molar-refractivity contribution is 6.33. The Bertz CT molecular complexity index is 4150. The van der Waals surface area contributed by atoms with Gasteiger partial charge < -0.3 is 108 Å². The Morgan fingerprint density at radius 1 is 0.551 bits per heavy atom. The van der Waals surface area contributed by atoms with Crippen LogP contribution < -0.4 is 16.2 Å². The molecule has 28 heteroatoms. The Morgan fingerprint density at radius 3 is 1.44 bits per heavy atom. The molecule has 0 saturated carbocycles. The van der Waals surface area contributed by atoms with Gasteiger partial charge in [-0.1, -0.05) is 13.8 Å². The van der Waals surface area contributed by atoms with Crippen molar-refractivity contribution in [1.29, 1.82) is 0 Å². The van der Waals surface area contributed by atoms with Gasteiger partial charge in [-0.15, -0.1) is 0 Å². The van der Waals surface area contributed by atoms with E-state index in [2.05, 4.69) is 4.79 Å². The lowest BCUT2D eigenvalue weighted by Gasteiger charge is -2.59. The van der Waals surface area contributed by atoms with E-state index in [1.54, 1.807) is 79.5 Å². The number of methoxy groups -OCH3 is 4. The number of likely N-dealkylation sites (N-methyl/N-ethyl adjacent to an activating group) is 2. The summed E-state index contributed by atoms with van der Waals surface area (Å²) in [6.45, 7) is 10.1. The van der Waals surface area contributed by atoms with Crippen LogP contribution in [0, 0.1) is 11.8 Å². The maximum absolute atomic E-state index is 17.9. The number of aromatic hydroxyl groups is 4. The Hall–Kier alpha value is -6.77. The molecule has 0 radical (unpaired) electrons. The third-order valence-electron chi connectivity index (χ3n) is 21.8. The van der Waals surface area contributed by atoms with Crippen LogP contribution in [-0.4, -0.2) is 240 Å². The molecule has 98 heavy (non-hydrogen) atoms. The van der Waals surface area contributed by atoms with Gasteiger partial charge >= 0.3 is 5.36 Å². The van der Waals surface area contributed by atoms with E-state index in [4.69, 9.17) is 56.8 Å². The highest BCUT2D eigenvalue weighted by Gasteiger charge is 2.71. The lowest BCUT2D eigenvalue weighted by Crippen LogP contribution is -2.68. The molecule has 4 aliphatic carbocycles. The number of aliphatic hydroxyl groups is 3. The third-order valence-corrected chi connectivity index (χ3v) is 21.8. The first kappa shape index (κ1) is 71.1. The number of Topliss-reactive ketones (excluding diaryl/α,β-unsaturated/α-hetero) is 3. The van der Waals surface area contributed by atoms with Crippen LogP contribution in [0.25, 0.3) is 27.1 Å². The van der Waals surface area contributed by atoms with Crippen molar-refractivity contribution < 1.29 is 112 Å². The molecular weight excluding hydrogens is 1280 g/mol. The second kappa shape index (κ2) is 26.6. The monoisotopic (exact) mass is 1370 g/mol. The molecule has 0 amide bonds. The summed E-state index contributed by atoms with van der Waals surface area (Å²) in [5.74, 6) is -11.6. The molecule has 0 bridgehead atoms. The summed E-state index contributed by atoms with van der Waals surface area (Å²) >= 11 is 0. The van der Waals surface area contributed by atoms with Crippen molar-refractivity contribution in [2.24, 2.45) is 11.8 Å². The van der Waals surface area contributed by atoms with Gasteiger partial charge in [0.1, 0.15) is 69.8 Å². The molecule has 0 spiro atoms. The number of aliphatic hydroxyl groups excluding tert-OH is 3. The van der Waals surface area contributed by atoms with Crippen molar-refractivity contribution in [3.05, 3.63) is 112 Å². The van der Waals surface area contributed by atoms with Crippen LogP contribution in [0.5, 0.6) is 23.0 Å². The Kier molecular flexibility index (Phi) is 19.3. The Morgan fingerprint density at radius 2 is 1.00 bits per heavy atom. The molecule has 4 aliphatic heterocycles. The van der Waals surface area contributed by atoms with E-state index >= 15 is 14.4 Å². The maximum atomic E-state index is 17.9. The summed E-state index contributed by atoms with van der Waals surface area (Å²) in [5, 5.41) is 84.1. The number of rotatable bonds is 17. The largest absolute Gasteiger partial charge is 0.511 e. The lowest BCUT2D eigenvalue weighted by atomic mass is 9.55. The average molecular weight is 1370 g/mol. The topological polar surface area (TPSA) is 381 Å². The smallest absolute Gasteiger partial charge is 0.333 e. The molecular formula is C70H86N4O24. The van der Waals surface area contributed by atoms with E-state index in [1.807, 2.05) is 0 Å². The number of hydrogen-bond acceptors (Lipinski definition) is 26.